The maximum Gasteiger partial charge on any atom is 0.244 e. The third kappa shape index (κ3) is 5.54. The average molecular weight is 604 g/mol. The Balaban J connectivity index is 1.25. The zero-order chi connectivity index (χ0) is 26.9. The molecular formula is C28H35BrN4O4S. The molecule has 204 valence electrons. The third-order valence-electron chi connectivity index (χ3n) is 7.92. The van der Waals surface area contributed by atoms with E-state index in [1.54, 1.807) is 11.0 Å². The van der Waals surface area contributed by atoms with Gasteiger partial charge in [-0.2, -0.15) is 4.31 Å². The number of amides is 2. The van der Waals surface area contributed by atoms with E-state index < -0.39 is 10.0 Å². The first kappa shape index (κ1) is 27.3. The molecule has 0 spiro atoms. The van der Waals surface area contributed by atoms with Crippen molar-refractivity contribution >= 4 is 43.5 Å². The van der Waals surface area contributed by atoms with Crippen LogP contribution in [0.1, 0.15) is 37.3 Å². The molecule has 2 fully saturated rings. The predicted octanol–water partition coefficient (Wildman–Crippen LogP) is 3.49. The number of nitrogens with zero attached hydrogens (tertiary/aromatic N) is 4. The van der Waals surface area contributed by atoms with Gasteiger partial charge >= 0.3 is 0 Å². The van der Waals surface area contributed by atoms with E-state index in [4.69, 9.17) is 0 Å². The van der Waals surface area contributed by atoms with Crippen LogP contribution in [-0.4, -0.2) is 80.2 Å². The summed E-state index contributed by atoms with van der Waals surface area (Å²) in [7, 11) is -3.84. The van der Waals surface area contributed by atoms with Crippen molar-refractivity contribution in [2.24, 2.45) is 5.92 Å². The second-order valence-electron chi connectivity index (χ2n) is 10.3. The highest BCUT2D eigenvalue weighted by molar-refractivity contribution is 9.10. The molecule has 1 unspecified atom stereocenters. The van der Waals surface area contributed by atoms with Crippen molar-refractivity contribution < 1.29 is 18.0 Å². The number of carbonyl (C=O) groups is 2. The number of sulfonamides is 1. The first-order valence-corrected chi connectivity index (χ1v) is 15.7. The van der Waals surface area contributed by atoms with Crippen molar-refractivity contribution in [3.63, 3.8) is 0 Å². The minimum atomic E-state index is -3.84. The largest absolute Gasteiger partial charge is 0.340 e. The van der Waals surface area contributed by atoms with Crippen molar-refractivity contribution in [1.29, 1.82) is 0 Å². The molecule has 2 amide bonds. The van der Waals surface area contributed by atoms with Crippen LogP contribution in [0.4, 0.5) is 5.69 Å². The smallest absolute Gasteiger partial charge is 0.244 e. The van der Waals surface area contributed by atoms with Gasteiger partial charge in [0.25, 0.3) is 0 Å². The van der Waals surface area contributed by atoms with Crippen molar-refractivity contribution in [1.82, 2.24) is 14.1 Å². The number of piperidine rings is 1. The highest BCUT2D eigenvalue weighted by Crippen LogP contribution is 2.37. The number of fused-ring (bicyclic) bond motifs is 1. The van der Waals surface area contributed by atoms with Crippen LogP contribution in [0.3, 0.4) is 0 Å². The summed E-state index contributed by atoms with van der Waals surface area (Å²) in [4.78, 5) is 31.9. The summed E-state index contributed by atoms with van der Waals surface area (Å²) >= 11 is 3.47. The average Bonchev–Trinajstić information content (AvgIpc) is 3.35. The Morgan fingerprint density at radius 2 is 1.74 bits per heavy atom. The lowest BCUT2D eigenvalue weighted by molar-refractivity contribution is -0.138. The van der Waals surface area contributed by atoms with Crippen LogP contribution < -0.4 is 4.90 Å². The van der Waals surface area contributed by atoms with Gasteiger partial charge in [0.05, 0.1) is 10.8 Å². The standard InChI is InChI=1S/C28H35BrN4O4S/c1-2-27(34)33-12-10-22-17-24(29)26(18-25(22)33)38(36,37)32-11-6-9-23(20-32)28(35)31-15-13-30(14-16-31)19-21-7-4-3-5-8-21/h3-5,7-8,17-18,23H,2,6,9-16,19-20H2,1H3. The maximum absolute atomic E-state index is 13.8. The summed E-state index contributed by atoms with van der Waals surface area (Å²) in [6.45, 7) is 6.76. The number of rotatable bonds is 6. The highest BCUT2D eigenvalue weighted by Gasteiger charge is 2.37. The van der Waals surface area contributed by atoms with Crippen LogP contribution in [0.15, 0.2) is 51.8 Å². The number of hydrogen-bond donors (Lipinski definition) is 0. The maximum atomic E-state index is 13.8. The van der Waals surface area contributed by atoms with Crippen LogP contribution in [0, 0.1) is 5.92 Å². The van der Waals surface area contributed by atoms with Crippen molar-refractivity contribution in [2.75, 3.05) is 50.7 Å². The fourth-order valence-corrected chi connectivity index (χ4v) is 8.36. The number of piperazine rings is 1. The molecule has 10 heteroatoms. The fraction of sp³-hybridized carbons (Fsp3) is 0.500. The van der Waals surface area contributed by atoms with Crippen molar-refractivity contribution in [3.05, 3.63) is 58.1 Å². The molecule has 3 heterocycles. The van der Waals surface area contributed by atoms with Gasteiger partial charge in [-0.3, -0.25) is 14.5 Å². The first-order valence-electron chi connectivity index (χ1n) is 13.5. The minimum Gasteiger partial charge on any atom is -0.340 e. The zero-order valence-electron chi connectivity index (χ0n) is 21.8. The van der Waals surface area contributed by atoms with E-state index >= 15 is 0 Å². The van der Waals surface area contributed by atoms with E-state index in [1.807, 2.05) is 36.1 Å². The quantitative estimate of drug-likeness (QED) is 0.505. The molecule has 1 atom stereocenters. The first-order chi connectivity index (χ1) is 18.3. The zero-order valence-corrected chi connectivity index (χ0v) is 24.2. The van der Waals surface area contributed by atoms with Gasteiger partial charge in [-0.25, -0.2) is 8.42 Å². The highest BCUT2D eigenvalue weighted by atomic mass is 79.9. The summed E-state index contributed by atoms with van der Waals surface area (Å²) in [6, 6.07) is 13.8. The molecule has 0 saturated carbocycles. The lowest BCUT2D eigenvalue weighted by atomic mass is 9.97. The van der Waals surface area contributed by atoms with Gasteiger partial charge in [0.1, 0.15) is 0 Å². The fourth-order valence-electron chi connectivity index (χ4n) is 5.76. The van der Waals surface area contributed by atoms with E-state index in [1.165, 1.54) is 9.87 Å². The Morgan fingerprint density at radius 3 is 2.45 bits per heavy atom. The third-order valence-corrected chi connectivity index (χ3v) is 10.7. The van der Waals surface area contributed by atoms with Crippen LogP contribution in [0.25, 0.3) is 0 Å². The Kier molecular flexibility index (Phi) is 8.23. The molecule has 0 radical (unpaired) electrons. The van der Waals surface area contributed by atoms with Crippen LogP contribution in [0.5, 0.6) is 0 Å². The molecule has 2 aromatic rings. The lowest BCUT2D eigenvalue weighted by Crippen LogP contribution is -2.52. The van der Waals surface area contributed by atoms with E-state index in [2.05, 4.69) is 33.0 Å². The predicted molar refractivity (Wildman–Crippen MR) is 150 cm³/mol. The molecule has 0 aromatic heterocycles. The van der Waals surface area contributed by atoms with E-state index in [-0.39, 0.29) is 29.2 Å². The molecule has 3 aliphatic rings. The Morgan fingerprint density at radius 1 is 1.00 bits per heavy atom. The molecule has 0 bridgehead atoms. The number of anilines is 1. The molecule has 8 nitrogen and oxygen atoms in total. The van der Waals surface area contributed by atoms with E-state index in [0.717, 1.165) is 25.2 Å². The number of benzene rings is 2. The monoisotopic (exact) mass is 602 g/mol. The SMILES string of the molecule is CCC(=O)N1CCc2cc(Br)c(S(=O)(=O)N3CCCC(C(=O)N4CCN(Cc5ccccc5)CC4)C3)cc21. The van der Waals surface area contributed by atoms with Crippen LogP contribution >= 0.6 is 15.9 Å². The number of hydrogen-bond acceptors (Lipinski definition) is 5. The molecule has 0 N–H and O–H groups in total. The lowest BCUT2D eigenvalue weighted by Gasteiger charge is -2.38. The summed E-state index contributed by atoms with van der Waals surface area (Å²) in [5, 5.41) is 0. The Bertz CT molecular complexity index is 1300. The Labute approximate surface area is 233 Å². The van der Waals surface area contributed by atoms with Gasteiger partial charge in [0.2, 0.25) is 21.8 Å². The topological polar surface area (TPSA) is 81.2 Å². The normalized spacial score (nSPS) is 20.9. The van der Waals surface area contributed by atoms with Gasteiger partial charge in [-0.1, -0.05) is 37.3 Å². The van der Waals surface area contributed by atoms with Gasteiger partial charge in [0, 0.05) is 68.9 Å². The van der Waals surface area contributed by atoms with Gasteiger partial charge in [0.15, 0.2) is 0 Å². The second-order valence-corrected chi connectivity index (χ2v) is 13.1. The summed E-state index contributed by atoms with van der Waals surface area (Å²) < 4.78 is 29.5. The molecular weight excluding hydrogens is 568 g/mol. The second kappa shape index (κ2) is 11.5. The van der Waals surface area contributed by atoms with Crippen LogP contribution in [-0.2, 0) is 32.6 Å². The molecule has 0 aliphatic carbocycles. The molecule has 38 heavy (non-hydrogen) atoms. The minimum absolute atomic E-state index is 0.0121. The van der Waals surface area contributed by atoms with Gasteiger partial charge in [-0.15, -0.1) is 0 Å². The molecule has 5 rings (SSSR count). The van der Waals surface area contributed by atoms with Crippen molar-refractivity contribution in [3.8, 4) is 0 Å². The van der Waals surface area contributed by atoms with Crippen molar-refractivity contribution in [2.45, 2.75) is 44.0 Å². The van der Waals surface area contributed by atoms with Gasteiger partial charge in [-0.05, 0) is 58.5 Å². The summed E-state index contributed by atoms with van der Waals surface area (Å²) in [5.41, 5.74) is 2.91. The summed E-state index contributed by atoms with van der Waals surface area (Å²) in [5.74, 6) is -0.301. The van der Waals surface area contributed by atoms with Crippen LogP contribution in [0.2, 0.25) is 0 Å². The number of carbonyl (C=O) groups excluding carboxylic acids is 2. The molecule has 3 aliphatic heterocycles. The Hall–Kier alpha value is -2.27. The molecule has 2 saturated heterocycles. The van der Waals surface area contributed by atoms with E-state index in [0.29, 0.717) is 62.0 Å². The van der Waals surface area contributed by atoms with E-state index in [9.17, 15) is 18.0 Å². The van der Waals surface area contributed by atoms with Gasteiger partial charge < -0.3 is 9.80 Å². The molecule has 2 aromatic carbocycles. The number of halogens is 1. The summed E-state index contributed by atoms with van der Waals surface area (Å²) in [6.07, 6.45) is 2.42.